The van der Waals surface area contributed by atoms with Crippen molar-refractivity contribution in [3.8, 4) is 0 Å². The molecule has 24 heavy (non-hydrogen) atoms. The van der Waals surface area contributed by atoms with Crippen LogP contribution in [0.4, 0.5) is 5.69 Å². The zero-order valence-electron chi connectivity index (χ0n) is 13.7. The largest absolute Gasteiger partial charge is 0.378 e. The van der Waals surface area contributed by atoms with Gasteiger partial charge >= 0.3 is 0 Å². The first kappa shape index (κ1) is 16.3. The number of benzene rings is 1. The second kappa shape index (κ2) is 7.31. The molecule has 1 aliphatic heterocycles. The second-order valence-corrected chi connectivity index (χ2v) is 5.80. The average Bonchev–Trinajstić information content (AvgIpc) is 2.63. The van der Waals surface area contributed by atoms with E-state index in [1.807, 2.05) is 18.2 Å². The minimum atomic E-state index is -0.365. The molecule has 6 heteroatoms. The van der Waals surface area contributed by atoms with Gasteiger partial charge in [-0.25, -0.2) is 0 Å². The summed E-state index contributed by atoms with van der Waals surface area (Å²) in [6, 6.07) is 11.2. The normalized spacial score (nSPS) is 14.5. The van der Waals surface area contributed by atoms with E-state index in [4.69, 9.17) is 4.74 Å². The summed E-state index contributed by atoms with van der Waals surface area (Å²) in [6.45, 7) is 3.55. The first-order chi connectivity index (χ1) is 11.7. The van der Waals surface area contributed by atoms with Crippen molar-refractivity contribution in [1.82, 2.24) is 9.88 Å². The highest BCUT2D eigenvalue weighted by Gasteiger charge is 2.19. The lowest BCUT2D eigenvalue weighted by molar-refractivity contribution is 0.0783. The summed E-state index contributed by atoms with van der Waals surface area (Å²) in [4.78, 5) is 30.7. The van der Waals surface area contributed by atoms with Crippen LogP contribution in [0.15, 0.2) is 47.4 Å². The Labute approximate surface area is 140 Å². The van der Waals surface area contributed by atoms with Gasteiger partial charge in [-0.3, -0.25) is 9.59 Å². The van der Waals surface area contributed by atoms with E-state index in [1.165, 1.54) is 6.20 Å². The van der Waals surface area contributed by atoms with Gasteiger partial charge in [0, 0.05) is 38.6 Å². The van der Waals surface area contributed by atoms with Crippen LogP contribution in [0.1, 0.15) is 15.9 Å². The van der Waals surface area contributed by atoms with Gasteiger partial charge in [0.2, 0.25) is 0 Å². The molecule has 1 fully saturated rings. The maximum absolute atomic E-state index is 12.5. The fourth-order valence-electron chi connectivity index (χ4n) is 2.88. The Hall–Kier alpha value is -2.60. The number of nitrogens with one attached hydrogen (secondary N) is 1. The average molecular weight is 327 g/mol. The molecule has 1 saturated heterocycles. The van der Waals surface area contributed by atoms with Gasteiger partial charge < -0.3 is 19.5 Å². The molecule has 1 aromatic carbocycles. The number of aromatic nitrogens is 1. The molecular formula is C18H21N3O3. The molecule has 1 aromatic heterocycles. The highest BCUT2D eigenvalue weighted by atomic mass is 16.5. The van der Waals surface area contributed by atoms with E-state index in [0.29, 0.717) is 19.8 Å². The van der Waals surface area contributed by atoms with Gasteiger partial charge in [-0.2, -0.15) is 0 Å². The number of H-pyrrole nitrogens is 1. The molecule has 0 unspecified atom stereocenters. The van der Waals surface area contributed by atoms with Crippen molar-refractivity contribution in [2.45, 2.75) is 6.54 Å². The first-order valence-corrected chi connectivity index (χ1v) is 8.00. The lowest BCUT2D eigenvalue weighted by Gasteiger charge is -2.31. The van der Waals surface area contributed by atoms with Crippen LogP contribution in [0.25, 0.3) is 0 Å². The Morgan fingerprint density at radius 3 is 2.71 bits per heavy atom. The number of pyridine rings is 1. The van der Waals surface area contributed by atoms with E-state index in [-0.39, 0.29) is 17.0 Å². The van der Waals surface area contributed by atoms with E-state index in [9.17, 15) is 9.59 Å². The van der Waals surface area contributed by atoms with Gasteiger partial charge in [0.05, 0.1) is 13.2 Å². The lowest BCUT2D eigenvalue weighted by atomic mass is 10.1. The molecule has 1 N–H and O–H groups in total. The van der Waals surface area contributed by atoms with Crippen LogP contribution in [-0.2, 0) is 11.3 Å². The maximum Gasteiger partial charge on any atom is 0.260 e. The topological polar surface area (TPSA) is 65.6 Å². The van der Waals surface area contributed by atoms with Crippen molar-refractivity contribution >= 4 is 11.6 Å². The molecular weight excluding hydrogens is 306 g/mol. The van der Waals surface area contributed by atoms with Gasteiger partial charge in [-0.15, -0.1) is 0 Å². The van der Waals surface area contributed by atoms with Gasteiger partial charge in [0.25, 0.3) is 11.5 Å². The third kappa shape index (κ3) is 3.49. The molecule has 0 aliphatic carbocycles. The molecule has 1 aliphatic rings. The Morgan fingerprint density at radius 2 is 1.96 bits per heavy atom. The van der Waals surface area contributed by atoms with Crippen LogP contribution in [-0.4, -0.2) is 49.1 Å². The summed E-state index contributed by atoms with van der Waals surface area (Å²) < 4.78 is 5.41. The van der Waals surface area contributed by atoms with Crippen LogP contribution < -0.4 is 10.5 Å². The quantitative estimate of drug-likeness (QED) is 0.924. The highest BCUT2D eigenvalue weighted by Crippen LogP contribution is 2.23. The first-order valence-electron chi connectivity index (χ1n) is 8.00. The molecule has 0 atom stereocenters. The molecule has 2 heterocycles. The van der Waals surface area contributed by atoms with E-state index < -0.39 is 0 Å². The number of anilines is 1. The lowest BCUT2D eigenvalue weighted by Crippen LogP contribution is -2.37. The van der Waals surface area contributed by atoms with E-state index in [2.05, 4.69) is 16.0 Å². The van der Waals surface area contributed by atoms with Crippen molar-refractivity contribution in [2.24, 2.45) is 0 Å². The molecule has 126 valence electrons. The zero-order chi connectivity index (χ0) is 16.9. The molecule has 0 saturated carbocycles. The summed E-state index contributed by atoms with van der Waals surface area (Å²) >= 11 is 0. The van der Waals surface area contributed by atoms with Crippen LogP contribution in [0.2, 0.25) is 0 Å². The SMILES string of the molecule is CN(Cc1ccccc1N1CCOCC1)C(=O)c1ccc[nH]c1=O. The minimum Gasteiger partial charge on any atom is -0.378 e. The molecule has 0 radical (unpaired) electrons. The number of para-hydroxylation sites is 1. The number of nitrogens with zero attached hydrogens (tertiary/aromatic N) is 2. The van der Waals surface area contributed by atoms with E-state index in [0.717, 1.165) is 24.3 Å². The van der Waals surface area contributed by atoms with Gasteiger partial charge in [-0.05, 0) is 23.8 Å². The van der Waals surface area contributed by atoms with Crippen molar-refractivity contribution in [2.75, 3.05) is 38.3 Å². The van der Waals surface area contributed by atoms with Crippen LogP contribution in [0.5, 0.6) is 0 Å². The summed E-state index contributed by atoms with van der Waals surface area (Å²) in [5, 5.41) is 0. The Balaban J connectivity index is 1.79. The van der Waals surface area contributed by atoms with Crippen LogP contribution in [0, 0.1) is 0 Å². The summed E-state index contributed by atoms with van der Waals surface area (Å²) in [5.41, 5.74) is 1.96. The van der Waals surface area contributed by atoms with Gasteiger partial charge in [0.1, 0.15) is 5.56 Å². The number of aromatic amines is 1. The molecule has 3 rings (SSSR count). The molecule has 0 bridgehead atoms. The zero-order valence-corrected chi connectivity index (χ0v) is 13.7. The van der Waals surface area contributed by atoms with E-state index >= 15 is 0 Å². The third-order valence-electron chi connectivity index (χ3n) is 4.15. The number of morpholine rings is 1. The molecule has 0 spiro atoms. The number of carbonyl (C=O) groups excluding carboxylic acids is 1. The fraction of sp³-hybridized carbons (Fsp3) is 0.333. The van der Waals surface area contributed by atoms with E-state index in [1.54, 1.807) is 24.1 Å². The predicted octanol–water partition coefficient (Wildman–Crippen LogP) is 1.48. The maximum atomic E-state index is 12.5. The summed E-state index contributed by atoms with van der Waals surface area (Å²) in [6.07, 6.45) is 1.52. The standard InChI is InChI=1S/C18H21N3O3/c1-20(18(23)15-6-4-8-19-17(15)22)13-14-5-2-3-7-16(14)21-9-11-24-12-10-21/h2-8H,9-13H2,1H3,(H,19,22). The van der Waals surface area contributed by atoms with Crippen molar-refractivity contribution in [3.63, 3.8) is 0 Å². The Kier molecular flexibility index (Phi) is 4.96. The summed E-state index contributed by atoms with van der Waals surface area (Å²) in [5.74, 6) is -0.284. The molecule has 1 amide bonds. The number of carbonyl (C=O) groups is 1. The van der Waals surface area contributed by atoms with Gasteiger partial charge in [0.15, 0.2) is 0 Å². The van der Waals surface area contributed by atoms with Crippen LogP contribution in [0.3, 0.4) is 0 Å². The van der Waals surface area contributed by atoms with Gasteiger partial charge in [-0.1, -0.05) is 18.2 Å². The highest BCUT2D eigenvalue weighted by molar-refractivity contribution is 5.93. The summed E-state index contributed by atoms with van der Waals surface area (Å²) in [7, 11) is 1.71. The van der Waals surface area contributed by atoms with Crippen molar-refractivity contribution in [1.29, 1.82) is 0 Å². The second-order valence-electron chi connectivity index (χ2n) is 5.80. The number of amides is 1. The molecule has 2 aromatic rings. The smallest absolute Gasteiger partial charge is 0.260 e. The number of hydrogen-bond donors (Lipinski definition) is 1. The van der Waals surface area contributed by atoms with Crippen molar-refractivity contribution in [3.05, 3.63) is 64.1 Å². The Morgan fingerprint density at radius 1 is 1.21 bits per heavy atom. The molecule has 6 nitrogen and oxygen atoms in total. The number of rotatable bonds is 4. The van der Waals surface area contributed by atoms with Crippen molar-refractivity contribution < 1.29 is 9.53 Å². The fourth-order valence-corrected chi connectivity index (χ4v) is 2.88. The number of ether oxygens (including phenoxy) is 1. The van der Waals surface area contributed by atoms with Crippen LogP contribution >= 0.6 is 0 Å². The Bertz CT molecular complexity index is 766. The monoisotopic (exact) mass is 327 g/mol. The minimum absolute atomic E-state index is 0.156. The number of hydrogen-bond acceptors (Lipinski definition) is 4. The predicted molar refractivity (Wildman–Crippen MR) is 92.3 cm³/mol. The third-order valence-corrected chi connectivity index (χ3v) is 4.15.